The van der Waals surface area contributed by atoms with E-state index >= 15 is 0 Å². The summed E-state index contributed by atoms with van der Waals surface area (Å²) in [6.07, 6.45) is -4.31. The second-order valence-electron chi connectivity index (χ2n) is 3.43. The molecule has 0 fully saturated rings. The maximum absolute atomic E-state index is 11.9. The van der Waals surface area contributed by atoms with Crippen molar-refractivity contribution >= 4 is 0 Å². The summed E-state index contributed by atoms with van der Waals surface area (Å²) in [7, 11) is 1.79. The third kappa shape index (κ3) is 3.56. The summed E-state index contributed by atoms with van der Waals surface area (Å²) in [6.45, 7) is 2.15. The Balaban J connectivity index is 2.35. The summed E-state index contributed by atoms with van der Waals surface area (Å²) in [5.41, 5.74) is 1.78. The highest BCUT2D eigenvalue weighted by Crippen LogP contribution is 2.02. The first-order chi connectivity index (χ1) is 7.00. The van der Waals surface area contributed by atoms with Crippen LogP contribution in [0.15, 0.2) is 6.07 Å². The predicted octanol–water partition coefficient (Wildman–Crippen LogP) is 0.444. The molecule has 4 nitrogen and oxygen atoms in total. The van der Waals surface area contributed by atoms with Crippen LogP contribution in [-0.2, 0) is 13.6 Å². The molecule has 0 aliphatic carbocycles. The van der Waals surface area contributed by atoms with Crippen molar-refractivity contribution in [1.82, 2.24) is 15.1 Å². The number of nitrogens with one attached hydrogen (secondary N) is 1. The van der Waals surface area contributed by atoms with E-state index in [1.165, 1.54) is 0 Å². The third-order valence-corrected chi connectivity index (χ3v) is 2.05. The van der Waals surface area contributed by atoms with E-state index in [0.717, 1.165) is 11.4 Å². The van der Waals surface area contributed by atoms with Gasteiger partial charge in [-0.1, -0.05) is 0 Å². The largest absolute Gasteiger partial charge is 0.386 e. The number of aliphatic hydroxyl groups is 1. The van der Waals surface area contributed by atoms with Gasteiger partial charge in [-0.2, -0.15) is 5.10 Å². The van der Waals surface area contributed by atoms with Crippen LogP contribution in [0.2, 0.25) is 0 Å². The first-order valence-electron chi connectivity index (χ1n) is 4.67. The lowest BCUT2D eigenvalue weighted by Crippen LogP contribution is -2.32. The van der Waals surface area contributed by atoms with E-state index in [-0.39, 0.29) is 6.54 Å². The maximum Gasteiger partial charge on any atom is 0.265 e. The fraction of sp³-hybridized carbons (Fsp3) is 0.667. The third-order valence-electron chi connectivity index (χ3n) is 2.05. The van der Waals surface area contributed by atoms with Gasteiger partial charge in [-0.25, -0.2) is 8.78 Å². The van der Waals surface area contributed by atoms with Gasteiger partial charge in [0, 0.05) is 20.1 Å². The molecule has 0 aromatic carbocycles. The summed E-state index contributed by atoms with van der Waals surface area (Å²) in [4.78, 5) is 0. The Morgan fingerprint density at radius 2 is 2.27 bits per heavy atom. The Morgan fingerprint density at radius 3 is 2.73 bits per heavy atom. The zero-order valence-electron chi connectivity index (χ0n) is 8.74. The molecule has 0 aliphatic rings. The van der Waals surface area contributed by atoms with Gasteiger partial charge in [0.05, 0.1) is 11.4 Å². The number of aryl methyl sites for hydroxylation is 2. The van der Waals surface area contributed by atoms with Gasteiger partial charge in [0.1, 0.15) is 6.10 Å². The lowest BCUT2D eigenvalue weighted by atomic mass is 10.3. The van der Waals surface area contributed by atoms with E-state index in [2.05, 4.69) is 10.4 Å². The van der Waals surface area contributed by atoms with Crippen LogP contribution in [0.4, 0.5) is 8.78 Å². The van der Waals surface area contributed by atoms with Crippen molar-refractivity contribution in [2.75, 3.05) is 6.54 Å². The fourth-order valence-electron chi connectivity index (χ4n) is 1.27. The van der Waals surface area contributed by atoms with E-state index in [4.69, 9.17) is 5.11 Å². The Hall–Kier alpha value is -1.01. The minimum absolute atomic E-state index is 0.123. The van der Waals surface area contributed by atoms with Gasteiger partial charge in [-0.05, 0) is 13.0 Å². The number of aromatic nitrogens is 2. The second kappa shape index (κ2) is 5.18. The van der Waals surface area contributed by atoms with Crippen molar-refractivity contribution in [1.29, 1.82) is 0 Å². The van der Waals surface area contributed by atoms with Crippen molar-refractivity contribution in [2.45, 2.75) is 26.0 Å². The molecule has 1 atom stereocenters. The molecular weight excluding hydrogens is 204 g/mol. The average Bonchev–Trinajstić information content (AvgIpc) is 2.45. The molecule has 1 aromatic heterocycles. The molecule has 1 aromatic rings. The molecule has 0 bridgehead atoms. The zero-order chi connectivity index (χ0) is 11.4. The van der Waals surface area contributed by atoms with E-state index in [0.29, 0.717) is 6.54 Å². The normalized spacial score (nSPS) is 13.5. The highest BCUT2D eigenvalue weighted by Gasteiger charge is 2.15. The molecule has 0 saturated carbocycles. The zero-order valence-corrected chi connectivity index (χ0v) is 8.74. The Bertz CT molecular complexity index is 314. The smallest absolute Gasteiger partial charge is 0.265 e. The van der Waals surface area contributed by atoms with Crippen molar-refractivity contribution in [3.63, 3.8) is 0 Å². The van der Waals surface area contributed by atoms with E-state index in [9.17, 15) is 8.78 Å². The lowest BCUT2D eigenvalue weighted by molar-refractivity contribution is -0.00347. The average molecular weight is 219 g/mol. The first kappa shape index (κ1) is 12.1. The van der Waals surface area contributed by atoms with Gasteiger partial charge in [0.2, 0.25) is 0 Å². The summed E-state index contributed by atoms with van der Waals surface area (Å²) in [6, 6.07) is 1.86. The van der Waals surface area contributed by atoms with E-state index in [1.54, 1.807) is 11.7 Å². The molecule has 0 aliphatic heterocycles. The molecule has 1 rings (SSSR count). The lowest BCUT2D eigenvalue weighted by Gasteiger charge is -2.10. The molecular formula is C9H15F2N3O. The van der Waals surface area contributed by atoms with Crippen LogP contribution in [0.25, 0.3) is 0 Å². The first-order valence-corrected chi connectivity index (χ1v) is 4.67. The highest BCUT2D eigenvalue weighted by atomic mass is 19.3. The summed E-state index contributed by atoms with van der Waals surface area (Å²) >= 11 is 0. The minimum atomic E-state index is -2.70. The van der Waals surface area contributed by atoms with Crippen LogP contribution in [0.3, 0.4) is 0 Å². The molecule has 0 spiro atoms. The van der Waals surface area contributed by atoms with Gasteiger partial charge >= 0.3 is 0 Å². The monoisotopic (exact) mass is 219 g/mol. The van der Waals surface area contributed by atoms with Gasteiger partial charge in [0.25, 0.3) is 6.43 Å². The molecule has 1 unspecified atom stereocenters. The Labute approximate surface area is 86.9 Å². The molecule has 0 amide bonds. The van der Waals surface area contributed by atoms with Crippen molar-refractivity contribution in [3.05, 3.63) is 17.5 Å². The van der Waals surface area contributed by atoms with Gasteiger partial charge in [0.15, 0.2) is 0 Å². The highest BCUT2D eigenvalue weighted by molar-refractivity contribution is 5.08. The molecule has 2 N–H and O–H groups in total. The van der Waals surface area contributed by atoms with Crippen LogP contribution in [0, 0.1) is 6.92 Å². The van der Waals surface area contributed by atoms with Crippen LogP contribution < -0.4 is 5.32 Å². The predicted molar refractivity (Wildman–Crippen MR) is 51.7 cm³/mol. The number of alkyl halides is 2. The maximum atomic E-state index is 11.9. The summed E-state index contributed by atoms with van der Waals surface area (Å²) in [5.74, 6) is 0. The van der Waals surface area contributed by atoms with Crippen molar-refractivity contribution in [2.24, 2.45) is 7.05 Å². The van der Waals surface area contributed by atoms with Crippen molar-refractivity contribution < 1.29 is 13.9 Å². The van der Waals surface area contributed by atoms with Gasteiger partial charge < -0.3 is 10.4 Å². The fourth-order valence-corrected chi connectivity index (χ4v) is 1.27. The number of aliphatic hydroxyl groups excluding tert-OH is 1. The topological polar surface area (TPSA) is 50.1 Å². The Kier molecular flexibility index (Phi) is 4.16. The van der Waals surface area contributed by atoms with Crippen LogP contribution >= 0.6 is 0 Å². The summed E-state index contributed by atoms with van der Waals surface area (Å²) in [5, 5.41) is 15.7. The quantitative estimate of drug-likeness (QED) is 0.755. The standard InChI is InChI=1S/C9H15F2N3O/c1-6-3-7(14(2)13-6)4-12-5-8(15)9(10)11/h3,8-9,12,15H,4-5H2,1-2H3. The SMILES string of the molecule is Cc1cc(CNCC(O)C(F)F)n(C)n1. The molecule has 15 heavy (non-hydrogen) atoms. The molecule has 1 heterocycles. The van der Waals surface area contributed by atoms with E-state index < -0.39 is 12.5 Å². The molecule has 6 heteroatoms. The number of rotatable bonds is 5. The number of hydrogen-bond donors (Lipinski definition) is 2. The van der Waals surface area contributed by atoms with Crippen LogP contribution in [0.1, 0.15) is 11.4 Å². The van der Waals surface area contributed by atoms with Crippen molar-refractivity contribution in [3.8, 4) is 0 Å². The molecule has 0 radical (unpaired) electrons. The molecule has 0 saturated heterocycles. The number of halogens is 2. The van der Waals surface area contributed by atoms with Gasteiger partial charge in [-0.3, -0.25) is 4.68 Å². The van der Waals surface area contributed by atoms with Crippen LogP contribution in [0.5, 0.6) is 0 Å². The number of nitrogens with zero attached hydrogens (tertiary/aromatic N) is 2. The van der Waals surface area contributed by atoms with E-state index in [1.807, 2.05) is 13.0 Å². The Morgan fingerprint density at radius 1 is 1.60 bits per heavy atom. The number of hydrogen-bond acceptors (Lipinski definition) is 3. The molecule has 86 valence electrons. The van der Waals surface area contributed by atoms with Crippen LogP contribution in [-0.4, -0.2) is 34.0 Å². The van der Waals surface area contributed by atoms with Gasteiger partial charge in [-0.15, -0.1) is 0 Å². The second-order valence-corrected chi connectivity index (χ2v) is 3.43. The summed E-state index contributed by atoms with van der Waals surface area (Å²) < 4.78 is 25.5. The minimum Gasteiger partial charge on any atom is -0.386 e.